The van der Waals surface area contributed by atoms with Crippen molar-refractivity contribution in [2.75, 3.05) is 32.7 Å². The Morgan fingerprint density at radius 2 is 1.89 bits per heavy atom. The molecule has 27 heavy (non-hydrogen) atoms. The number of fused-ring (bicyclic) bond motifs is 1. The molecule has 7 heteroatoms. The molecule has 0 atom stereocenters. The van der Waals surface area contributed by atoms with E-state index in [1.165, 1.54) is 0 Å². The maximum Gasteiger partial charge on any atom is 0.272 e. The zero-order valence-corrected chi connectivity index (χ0v) is 16.1. The van der Waals surface area contributed by atoms with Crippen molar-refractivity contribution in [2.24, 2.45) is 11.8 Å². The molecule has 1 aliphatic heterocycles. The first-order chi connectivity index (χ1) is 13.0. The lowest BCUT2D eigenvalue weighted by Gasteiger charge is -2.32. The van der Waals surface area contributed by atoms with Crippen LogP contribution in [0, 0.1) is 11.8 Å². The van der Waals surface area contributed by atoms with Gasteiger partial charge in [-0.3, -0.25) is 14.7 Å². The van der Waals surface area contributed by atoms with Gasteiger partial charge in [0.2, 0.25) is 5.91 Å². The van der Waals surface area contributed by atoms with Gasteiger partial charge >= 0.3 is 0 Å². The molecule has 1 aliphatic rings. The highest BCUT2D eigenvalue weighted by molar-refractivity contribution is 6.04. The fourth-order valence-electron chi connectivity index (χ4n) is 3.62. The van der Waals surface area contributed by atoms with Crippen LogP contribution in [0.2, 0.25) is 0 Å². The monoisotopic (exact) mass is 371 g/mol. The van der Waals surface area contributed by atoms with Gasteiger partial charge in [-0.05, 0) is 37.9 Å². The highest BCUT2D eigenvalue weighted by atomic mass is 16.2. The Morgan fingerprint density at radius 1 is 1.19 bits per heavy atom. The Hall–Kier alpha value is -2.41. The van der Waals surface area contributed by atoms with Crippen LogP contribution in [0.25, 0.3) is 10.9 Å². The molecule has 1 saturated heterocycles. The van der Waals surface area contributed by atoms with Crippen molar-refractivity contribution >= 4 is 22.7 Å². The van der Waals surface area contributed by atoms with Crippen LogP contribution in [-0.4, -0.2) is 59.6 Å². The van der Waals surface area contributed by atoms with Crippen LogP contribution in [0.4, 0.5) is 0 Å². The zero-order chi connectivity index (χ0) is 19.2. The predicted molar refractivity (Wildman–Crippen MR) is 105 cm³/mol. The quantitative estimate of drug-likeness (QED) is 0.647. The summed E-state index contributed by atoms with van der Waals surface area (Å²) in [5, 5.41) is 13.5. The van der Waals surface area contributed by atoms with Crippen molar-refractivity contribution in [1.82, 2.24) is 25.7 Å². The molecule has 146 valence electrons. The predicted octanol–water partition coefficient (Wildman–Crippen LogP) is 1.78. The Labute approximate surface area is 159 Å². The second-order valence-corrected chi connectivity index (χ2v) is 7.63. The number of hydrogen-bond donors (Lipinski definition) is 3. The Kier molecular flexibility index (Phi) is 6.45. The smallest absolute Gasteiger partial charge is 0.272 e. The number of hydrogen-bond acceptors (Lipinski definition) is 4. The van der Waals surface area contributed by atoms with E-state index in [2.05, 4.69) is 39.6 Å². The maximum atomic E-state index is 12.3. The normalized spacial score (nSPS) is 16.0. The number of nitrogens with zero attached hydrogens (tertiary/aromatic N) is 2. The number of nitrogens with one attached hydrogen (secondary N) is 3. The van der Waals surface area contributed by atoms with Gasteiger partial charge in [-0.1, -0.05) is 32.0 Å². The summed E-state index contributed by atoms with van der Waals surface area (Å²) in [5.74, 6) is 0.604. The average molecular weight is 371 g/mol. The first kappa shape index (κ1) is 19.4. The topological polar surface area (TPSA) is 90.1 Å². The summed E-state index contributed by atoms with van der Waals surface area (Å²) < 4.78 is 0. The molecular formula is C20H29N5O2. The molecule has 1 aromatic carbocycles. The molecule has 0 radical (unpaired) electrons. The van der Waals surface area contributed by atoms with E-state index < -0.39 is 0 Å². The average Bonchev–Trinajstić information content (AvgIpc) is 3.09. The number of likely N-dealkylation sites (tertiary alicyclic amines) is 1. The van der Waals surface area contributed by atoms with Crippen LogP contribution in [0.1, 0.15) is 37.2 Å². The van der Waals surface area contributed by atoms with E-state index in [1.807, 2.05) is 24.3 Å². The highest BCUT2D eigenvalue weighted by Gasteiger charge is 2.24. The number of carbonyl (C=O) groups excluding carboxylic acids is 2. The molecule has 7 nitrogen and oxygen atoms in total. The van der Waals surface area contributed by atoms with E-state index in [-0.39, 0.29) is 17.7 Å². The second kappa shape index (κ2) is 8.99. The van der Waals surface area contributed by atoms with Crippen LogP contribution in [0.5, 0.6) is 0 Å². The molecule has 0 spiro atoms. The molecular weight excluding hydrogens is 342 g/mol. The van der Waals surface area contributed by atoms with Crippen LogP contribution in [0.3, 0.4) is 0 Å². The molecule has 2 aromatic rings. The summed E-state index contributed by atoms with van der Waals surface area (Å²) in [6.45, 7) is 8.33. The molecule has 1 aromatic heterocycles. The first-order valence-corrected chi connectivity index (χ1v) is 9.76. The van der Waals surface area contributed by atoms with E-state index in [0.717, 1.165) is 43.4 Å². The third-order valence-corrected chi connectivity index (χ3v) is 4.98. The number of aromatic nitrogens is 2. The van der Waals surface area contributed by atoms with Gasteiger partial charge in [0.15, 0.2) is 5.69 Å². The van der Waals surface area contributed by atoms with Gasteiger partial charge in [0.25, 0.3) is 5.91 Å². The molecule has 0 unspecified atom stereocenters. The zero-order valence-electron chi connectivity index (χ0n) is 16.1. The molecule has 2 amide bonds. The largest absolute Gasteiger partial charge is 0.354 e. The highest BCUT2D eigenvalue weighted by Crippen LogP contribution is 2.18. The number of piperidine rings is 1. The number of amides is 2. The molecule has 0 aliphatic carbocycles. The SMILES string of the molecule is CC(C)CN1CCC(C(=O)NCCNC(=O)c2n[nH]c3ccccc23)CC1. The van der Waals surface area contributed by atoms with Crippen molar-refractivity contribution in [3.05, 3.63) is 30.0 Å². The Balaban J connectivity index is 1.38. The molecule has 1 fully saturated rings. The lowest BCUT2D eigenvalue weighted by Crippen LogP contribution is -2.43. The fraction of sp³-hybridized carbons (Fsp3) is 0.550. The van der Waals surface area contributed by atoms with E-state index in [1.54, 1.807) is 0 Å². The lowest BCUT2D eigenvalue weighted by molar-refractivity contribution is -0.126. The van der Waals surface area contributed by atoms with Gasteiger partial charge in [-0.15, -0.1) is 0 Å². The summed E-state index contributed by atoms with van der Waals surface area (Å²) in [4.78, 5) is 27.0. The minimum atomic E-state index is -0.233. The first-order valence-electron chi connectivity index (χ1n) is 9.76. The molecule has 2 heterocycles. The molecule has 0 bridgehead atoms. The summed E-state index contributed by atoms with van der Waals surface area (Å²) in [6.07, 6.45) is 1.81. The van der Waals surface area contributed by atoms with Gasteiger partial charge in [0.05, 0.1) is 5.52 Å². The number of para-hydroxylation sites is 1. The number of carbonyl (C=O) groups is 2. The Morgan fingerprint density at radius 3 is 2.63 bits per heavy atom. The number of rotatable bonds is 7. The number of H-pyrrole nitrogens is 1. The summed E-state index contributed by atoms with van der Waals surface area (Å²) >= 11 is 0. The standard InChI is InChI=1S/C20H29N5O2/c1-14(2)13-25-11-7-15(8-12-25)19(26)21-9-10-22-20(27)18-16-5-3-4-6-17(16)23-24-18/h3-6,14-15H,7-13H2,1-2H3,(H,21,26)(H,22,27)(H,23,24). The summed E-state index contributed by atoms with van der Waals surface area (Å²) in [6, 6.07) is 7.51. The van der Waals surface area contributed by atoms with E-state index in [0.29, 0.717) is 24.7 Å². The van der Waals surface area contributed by atoms with Gasteiger partial charge in [-0.25, -0.2) is 0 Å². The van der Waals surface area contributed by atoms with Crippen LogP contribution < -0.4 is 10.6 Å². The second-order valence-electron chi connectivity index (χ2n) is 7.63. The number of benzene rings is 1. The van der Waals surface area contributed by atoms with Gasteiger partial charge in [0, 0.05) is 30.9 Å². The van der Waals surface area contributed by atoms with E-state index in [9.17, 15) is 9.59 Å². The van der Waals surface area contributed by atoms with E-state index >= 15 is 0 Å². The van der Waals surface area contributed by atoms with Gasteiger partial charge in [-0.2, -0.15) is 5.10 Å². The van der Waals surface area contributed by atoms with Crippen LogP contribution in [0.15, 0.2) is 24.3 Å². The lowest BCUT2D eigenvalue weighted by atomic mass is 9.95. The molecule has 3 rings (SSSR count). The van der Waals surface area contributed by atoms with Crippen molar-refractivity contribution in [2.45, 2.75) is 26.7 Å². The summed E-state index contributed by atoms with van der Waals surface area (Å²) in [7, 11) is 0. The minimum absolute atomic E-state index is 0.0828. The summed E-state index contributed by atoms with van der Waals surface area (Å²) in [5.41, 5.74) is 1.22. The van der Waals surface area contributed by atoms with Crippen LogP contribution >= 0.6 is 0 Å². The molecule has 3 N–H and O–H groups in total. The maximum absolute atomic E-state index is 12.3. The van der Waals surface area contributed by atoms with Crippen LogP contribution in [-0.2, 0) is 4.79 Å². The molecule has 0 saturated carbocycles. The van der Waals surface area contributed by atoms with E-state index in [4.69, 9.17) is 0 Å². The third kappa shape index (κ3) is 5.07. The Bertz CT molecular complexity index is 778. The number of aromatic amines is 1. The van der Waals surface area contributed by atoms with Crippen molar-refractivity contribution < 1.29 is 9.59 Å². The third-order valence-electron chi connectivity index (χ3n) is 4.98. The van der Waals surface area contributed by atoms with Crippen molar-refractivity contribution in [3.63, 3.8) is 0 Å². The fourth-order valence-corrected chi connectivity index (χ4v) is 3.62. The van der Waals surface area contributed by atoms with Gasteiger partial charge < -0.3 is 15.5 Å². The van der Waals surface area contributed by atoms with Gasteiger partial charge in [0.1, 0.15) is 0 Å². The van der Waals surface area contributed by atoms with Crippen molar-refractivity contribution in [3.8, 4) is 0 Å². The minimum Gasteiger partial charge on any atom is -0.354 e. The van der Waals surface area contributed by atoms with Crippen molar-refractivity contribution in [1.29, 1.82) is 0 Å².